The van der Waals surface area contributed by atoms with Crippen molar-refractivity contribution < 1.29 is 19.0 Å². The van der Waals surface area contributed by atoms with Gasteiger partial charge in [-0.3, -0.25) is 4.79 Å². The zero-order chi connectivity index (χ0) is 28.2. The predicted molar refractivity (Wildman–Crippen MR) is 158 cm³/mol. The number of piperidine rings is 1. The molecule has 0 bridgehead atoms. The fraction of sp³-hybridized carbons (Fsp3) is 0.629. The molecule has 0 radical (unpaired) electrons. The summed E-state index contributed by atoms with van der Waals surface area (Å²) in [5.74, 6) is 6.18. The number of carbonyl (C=O) groups excluding carboxylic acids is 1. The van der Waals surface area contributed by atoms with E-state index >= 15 is 0 Å². The van der Waals surface area contributed by atoms with Crippen LogP contribution in [0.25, 0.3) is 0 Å². The largest absolute Gasteiger partial charge is 0.497 e. The smallest absolute Gasteiger partial charge is 0.223 e. The monoisotopic (exact) mass is 545 g/mol. The second-order valence-corrected chi connectivity index (χ2v) is 13.7. The molecule has 8 atom stereocenters. The van der Waals surface area contributed by atoms with Gasteiger partial charge in [0.25, 0.3) is 0 Å². The van der Waals surface area contributed by atoms with Gasteiger partial charge in [0.2, 0.25) is 5.91 Å². The highest BCUT2D eigenvalue weighted by atomic mass is 16.5. The summed E-state index contributed by atoms with van der Waals surface area (Å²) in [6.07, 6.45) is 7.93. The van der Waals surface area contributed by atoms with Crippen LogP contribution in [-0.4, -0.2) is 38.2 Å². The van der Waals surface area contributed by atoms with E-state index in [1.54, 1.807) is 21.3 Å². The van der Waals surface area contributed by atoms with Gasteiger partial charge in [-0.15, -0.1) is 0 Å². The molecule has 4 fully saturated rings. The molecule has 0 N–H and O–H groups in total. The maximum absolute atomic E-state index is 13.5. The Morgan fingerprint density at radius 3 is 2.25 bits per heavy atom. The first-order chi connectivity index (χ1) is 19.2. The predicted octanol–water partition coefficient (Wildman–Crippen LogP) is 7.48. The fourth-order valence-corrected chi connectivity index (χ4v) is 10.1. The molecule has 40 heavy (non-hydrogen) atoms. The van der Waals surface area contributed by atoms with Crippen molar-refractivity contribution in [1.29, 1.82) is 0 Å². The number of likely N-dealkylation sites (tertiary alicyclic amines) is 1. The van der Waals surface area contributed by atoms with Gasteiger partial charge in [-0.05, 0) is 109 Å². The minimum absolute atomic E-state index is 0.157. The summed E-state index contributed by atoms with van der Waals surface area (Å²) in [7, 11) is 5.12. The Bertz CT molecular complexity index is 1240. The molecule has 5 nitrogen and oxygen atoms in total. The van der Waals surface area contributed by atoms with Crippen molar-refractivity contribution in [2.75, 3.05) is 21.3 Å². The van der Waals surface area contributed by atoms with E-state index < -0.39 is 0 Å². The number of carbonyl (C=O) groups is 1. The summed E-state index contributed by atoms with van der Waals surface area (Å²) in [4.78, 5) is 15.7. The van der Waals surface area contributed by atoms with Crippen LogP contribution in [0.1, 0.15) is 82.8 Å². The Hall–Kier alpha value is -2.69. The zero-order valence-electron chi connectivity index (χ0n) is 25.2. The molecule has 6 rings (SSSR count). The summed E-state index contributed by atoms with van der Waals surface area (Å²) >= 11 is 0. The minimum atomic E-state index is 0.157. The maximum Gasteiger partial charge on any atom is 0.223 e. The van der Waals surface area contributed by atoms with Crippen LogP contribution >= 0.6 is 0 Å². The zero-order valence-corrected chi connectivity index (χ0v) is 25.2. The van der Waals surface area contributed by atoms with Crippen LogP contribution in [0.2, 0.25) is 0 Å². The number of ether oxygens (including phenoxy) is 3. The number of amides is 1. The lowest BCUT2D eigenvalue weighted by molar-refractivity contribution is -0.170. The number of nitrogens with zero attached hydrogens (tertiary/aromatic N) is 1. The van der Waals surface area contributed by atoms with E-state index in [1.165, 1.54) is 31.2 Å². The lowest BCUT2D eigenvalue weighted by Gasteiger charge is -2.64. The normalized spacial score (nSPS) is 36.9. The van der Waals surface area contributed by atoms with Crippen molar-refractivity contribution in [2.24, 2.45) is 34.5 Å². The van der Waals surface area contributed by atoms with E-state index in [1.807, 2.05) is 12.1 Å². The molecule has 216 valence electrons. The van der Waals surface area contributed by atoms with Crippen LogP contribution in [0.5, 0.6) is 17.2 Å². The van der Waals surface area contributed by atoms with Gasteiger partial charge in [-0.25, -0.2) is 0 Å². The number of fused-ring (bicyclic) bond motifs is 5. The summed E-state index contributed by atoms with van der Waals surface area (Å²) in [5.41, 5.74) is 3.04. The quantitative estimate of drug-likeness (QED) is 0.378. The molecule has 0 aromatic heterocycles. The van der Waals surface area contributed by atoms with E-state index in [0.29, 0.717) is 42.0 Å². The Morgan fingerprint density at radius 1 is 0.850 bits per heavy atom. The van der Waals surface area contributed by atoms with Gasteiger partial charge < -0.3 is 19.1 Å². The molecule has 1 saturated heterocycles. The van der Waals surface area contributed by atoms with Crippen LogP contribution in [-0.2, 0) is 11.3 Å². The van der Waals surface area contributed by atoms with E-state index in [0.717, 1.165) is 47.5 Å². The van der Waals surface area contributed by atoms with Gasteiger partial charge in [0.15, 0.2) is 0 Å². The maximum atomic E-state index is 13.5. The number of rotatable bonds is 6. The highest BCUT2D eigenvalue weighted by Gasteiger charge is 2.63. The van der Waals surface area contributed by atoms with Crippen molar-refractivity contribution in [1.82, 2.24) is 4.90 Å². The van der Waals surface area contributed by atoms with Gasteiger partial charge in [0.1, 0.15) is 17.2 Å². The molecule has 1 heterocycles. The second kappa shape index (κ2) is 10.3. The minimum Gasteiger partial charge on any atom is -0.497 e. The lowest BCUT2D eigenvalue weighted by atomic mass is 9.44. The highest BCUT2D eigenvalue weighted by molar-refractivity contribution is 5.78. The first-order valence-corrected chi connectivity index (χ1v) is 15.4. The first kappa shape index (κ1) is 27.5. The topological polar surface area (TPSA) is 48.0 Å². The fourth-order valence-electron chi connectivity index (χ4n) is 10.1. The third-order valence-corrected chi connectivity index (χ3v) is 12.1. The van der Waals surface area contributed by atoms with Crippen LogP contribution in [0.15, 0.2) is 42.5 Å². The second-order valence-electron chi connectivity index (χ2n) is 13.7. The highest BCUT2D eigenvalue weighted by Crippen LogP contribution is 2.69. The average molecular weight is 546 g/mol. The molecule has 2 aromatic carbocycles. The Balaban J connectivity index is 1.28. The van der Waals surface area contributed by atoms with Gasteiger partial charge in [-0.1, -0.05) is 32.9 Å². The van der Waals surface area contributed by atoms with E-state index in [9.17, 15) is 4.79 Å². The van der Waals surface area contributed by atoms with Gasteiger partial charge in [0.05, 0.1) is 21.3 Å². The van der Waals surface area contributed by atoms with Crippen molar-refractivity contribution in [3.8, 4) is 17.2 Å². The van der Waals surface area contributed by atoms with Gasteiger partial charge in [0, 0.05) is 30.6 Å². The molecule has 2 aromatic rings. The molecule has 0 spiro atoms. The van der Waals surface area contributed by atoms with Crippen LogP contribution in [0.4, 0.5) is 0 Å². The Labute approximate surface area is 240 Å². The van der Waals surface area contributed by atoms with Crippen molar-refractivity contribution in [2.45, 2.75) is 84.2 Å². The summed E-state index contributed by atoms with van der Waals surface area (Å²) in [5, 5.41) is 0. The molecule has 1 amide bonds. The molecule has 5 heteroatoms. The molecule has 3 aliphatic carbocycles. The van der Waals surface area contributed by atoms with E-state index in [-0.39, 0.29) is 11.5 Å². The summed E-state index contributed by atoms with van der Waals surface area (Å²) < 4.78 is 16.6. The number of hydrogen-bond acceptors (Lipinski definition) is 4. The van der Waals surface area contributed by atoms with Crippen molar-refractivity contribution in [3.63, 3.8) is 0 Å². The summed E-state index contributed by atoms with van der Waals surface area (Å²) in [6.45, 7) is 8.24. The first-order valence-electron chi connectivity index (χ1n) is 15.4. The van der Waals surface area contributed by atoms with E-state index in [2.05, 4.69) is 56.0 Å². The van der Waals surface area contributed by atoms with Crippen LogP contribution in [0.3, 0.4) is 0 Å². The SMILES string of the molecule is COc1ccc([C@H]2CC[C@H]3[C@@H]4[C@@H](C)C[C@H]5N(Cc6ccc(OC)cc6OC)C(=O)CC[C@]5(C)[C@H]4CC[C@]23C)cc1. The third-order valence-electron chi connectivity index (χ3n) is 12.1. The third kappa shape index (κ3) is 4.21. The van der Waals surface area contributed by atoms with Crippen LogP contribution < -0.4 is 14.2 Å². The standard InChI is InChI=1S/C35H47NO4/c1-22-19-31-35(3,18-16-32(37)36(31)21-24-9-12-26(39-5)20-30(24)40-6)29-15-17-34(2)27(13-14-28(34)33(22)29)23-7-10-25(38-4)11-8-23/h7-12,20,22,27-29,31,33H,13-19,21H2,1-6H3/t22-,27+,28-,29-,31+,33-,34+,35+/m0/s1. The van der Waals surface area contributed by atoms with Crippen molar-refractivity contribution >= 4 is 5.91 Å². The average Bonchev–Trinajstić information content (AvgIpc) is 3.33. The molecule has 1 aliphatic heterocycles. The molecule has 4 aliphatic rings. The Morgan fingerprint density at radius 2 is 1.55 bits per heavy atom. The lowest BCUT2D eigenvalue weighted by Crippen LogP contribution is -2.63. The molecule has 3 saturated carbocycles. The number of benzene rings is 2. The molecular weight excluding hydrogens is 498 g/mol. The number of hydrogen-bond donors (Lipinski definition) is 0. The van der Waals surface area contributed by atoms with E-state index in [4.69, 9.17) is 14.2 Å². The molecular formula is C35H47NO4. The van der Waals surface area contributed by atoms with Crippen molar-refractivity contribution in [3.05, 3.63) is 53.6 Å². The van der Waals surface area contributed by atoms with Crippen LogP contribution in [0, 0.1) is 34.5 Å². The van der Waals surface area contributed by atoms with Gasteiger partial charge in [-0.2, -0.15) is 0 Å². The summed E-state index contributed by atoms with van der Waals surface area (Å²) in [6, 6.07) is 15.1. The molecule has 0 unspecified atom stereocenters. The Kier molecular flexibility index (Phi) is 7.07. The number of methoxy groups -OCH3 is 3. The van der Waals surface area contributed by atoms with Gasteiger partial charge >= 0.3 is 0 Å².